The zero-order chi connectivity index (χ0) is 14.4. The third-order valence-electron chi connectivity index (χ3n) is 4.03. The summed E-state index contributed by atoms with van der Waals surface area (Å²) >= 11 is 1.98. The average Bonchev–Trinajstić information content (AvgIpc) is 2.44. The fourth-order valence-corrected chi connectivity index (χ4v) is 3.90. The van der Waals surface area contributed by atoms with Crippen molar-refractivity contribution in [3.05, 3.63) is 29.3 Å². The van der Waals surface area contributed by atoms with E-state index in [2.05, 4.69) is 25.2 Å². The van der Waals surface area contributed by atoms with E-state index in [0.29, 0.717) is 6.42 Å². The minimum Gasteiger partial charge on any atom is -0.326 e. The smallest absolute Gasteiger partial charge is 0.225 e. The van der Waals surface area contributed by atoms with Crippen LogP contribution in [0.25, 0.3) is 0 Å². The maximum absolute atomic E-state index is 11.9. The first-order valence-electron chi connectivity index (χ1n) is 7.64. The molecule has 0 radical (unpaired) electrons. The SMILES string of the molecule is Cc1ccc(NC(=O)CCSC2CCCCC2)cc1C. The Bertz CT molecular complexity index is 452. The van der Waals surface area contributed by atoms with Gasteiger partial charge in [0.1, 0.15) is 0 Å². The minimum atomic E-state index is 0.136. The second-order valence-corrected chi connectivity index (χ2v) is 7.14. The van der Waals surface area contributed by atoms with Crippen molar-refractivity contribution in [1.82, 2.24) is 0 Å². The molecule has 0 heterocycles. The summed E-state index contributed by atoms with van der Waals surface area (Å²) in [5.74, 6) is 1.08. The predicted octanol–water partition coefficient (Wildman–Crippen LogP) is 4.70. The molecule has 2 nitrogen and oxygen atoms in total. The fourth-order valence-electron chi connectivity index (χ4n) is 2.59. The number of carbonyl (C=O) groups excluding carboxylic acids is 1. The monoisotopic (exact) mass is 291 g/mol. The number of thioether (sulfide) groups is 1. The molecule has 3 heteroatoms. The van der Waals surface area contributed by atoms with E-state index < -0.39 is 0 Å². The van der Waals surface area contributed by atoms with Crippen molar-refractivity contribution in [2.45, 2.75) is 57.6 Å². The standard InChI is InChI=1S/C17H25NOS/c1-13-8-9-15(12-14(13)2)18-17(19)10-11-20-16-6-4-3-5-7-16/h8-9,12,16H,3-7,10-11H2,1-2H3,(H,18,19). The summed E-state index contributed by atoms with van der Waals surface area (Å²) in [6.07, 6.45) is 7.42. The summed E-state index contributed by atoms with van der Waals surface area (Å²) < 4.78 is 0. The summed E-state index contributed by atoms with van der Waals surface area (Å²) in [4.78, 5) is 11.9. The Kier molecular flexibility index (Phi) is 5.96. The molecule has 1 aromatic carbocycles. The summed E-state index contributed by atoms with van der Waals surface area (Å²) in [6.45, 7) is 4.16. The number of benzene rings is 1. The molecule has 0 bridgehead atoms. The van der Waals surface area contributed by atoms with Gasteiger partial charge in [0.15, 0.2) is 0 Å². The number of anilines is 1. The molecule has 1 amide bonds. The van der Waals surface area contributed by atoms with Gasteiger partial charge < -0.3 is 5.32 Å². The van der Waals surface area contributed by atoms with Crippen molar-refractivity contribution in [2.24, 2.45) is 0 Å². The van der Waals surface area contributed by atoms with Crippen LogP contribution in [0.5, 0.6) is 0 Å². The zero-order valence-corrected chi connectivity index (χ0v) is 13.4. The van der Waals surface area contributed by atoms with Gasteiger partial charge >= 0.3 is 0 Å². The zero-order valence-electron chi connectivity index (χ0n) is 12.6. The van der Waals surface area contributed by atoms with Crippen LogP contribution in [0.15, 0.2) is 18.2 Å². The van der Waals surface area contributed by atoms with Crippen LogP contribution in [0.2, 0.25) is 0 Å². The highest BCUT2D eigenvalue weighted by atomic mass is 32.2. The topological polar surface area (TPSA) is 29.1 Å². The van der Waals surface area contributed by atoms with Crippen LogP contribution in [-0.2, 0) is 4.79 Å². The van der Waals surface area contributed by atoms with Crippen LogP contribution in [0.1, 0.15) is 49.7 Å². The third-order valence-corrected chi connectivity index (χ3v) is 5.41. The Morgan fingerprint density at radius 3 is 2.65 bits per heavy atom. The van der Waals surface area contributed by atoms with Gasteiger partial charge in [-0.1, -0.05) is 25.3 Å². The van der Waals surface area contributed by atoms with E-state index in [1.54, 1.807) is 0 Å². The van der Waals surface area contributed by atoms with Crippen LogP contribution >= 0.6 is 11.8 Å². The summed E-state index contributed by atoms with van der Waals surface area (Å²) in [5.41, 5.74) is 3.40. The number of aryl methyl sites for hydroxylation is 2. The van der Waals surface area contributed by atoms with Gasteiger partial charge in [0, 0.05) is 23.1 Å². The van der Waals surface area contributed by atoms with Gasteiger partial charge in [0.05, 0.1) is 0 Å². The molecule has 110 valence electrons. The van der Waals surface area contributed by atoms with Crippen molar-refractivity contribution in [1.29, 1.82) is 0 Å². The molecule has 1 N–H and O–H groups in total. The van der Waals surface area contributed by atoms with E-state index in [9.17, 15) is 4.79 Å². The third kappa shape index (κ3) is 4.86. The molecular formula is C17H25NOS. The van der Waals surface area contributed by atoms with Gasteiger partial charge in [-0.05, 0) is 49.9 Å². The first kappa shape index (κ1) is 15.4. The number of rotatable bonds is 5. The van der Waals surface area contributed by atoms with E-state index in [4.69, 9.17) is 0 Å². The molecule has 1 saturated carbocycles. The molecule has 0 saturated heterocycles. The van der Waals surface area contributed by atoms with Crippen LogP contribution in [0.3, 0.4) is 0 Å². The Hall–Kier alpha value is -0.960. The lowest BCUT2D eigenvalue weighted by molar-refractivity contribution is -0.115. The molecule has 1 aliphatic rings. The summed E-state index contributed by atoms with van der Waals surface area (Å²) in [5, 5.41) is 3.79. The molecule has 0 unspecified atom stereocenters. The number of carbonyl (C=O) groups is 1. The molecule has 1 fully saturated rings. The summed E-state index contributed by atoms with van der Waals surface area (Å²) in [7, 11) is 0. The van der Waals surface area contributed by atoms with Gasteiger partial charge in [-0.2, -0.15) is 11.8 Å². The number of amides is 1. The maximum Gasteiger partial charge on any atom is 0.225 e. The van der Waals surface area contributed by atoms with Crippen LogP contribution in [-0.4, -0.2) is 16.9 Å². The van der Waals surface area contributed by atoms with Crippen LogP contribution in [0.4, 0.5) is 5.69 Å². The fraction of sp³-hybridized carbons (Fsp3) is 0.588. The quantitative estimate of drug-likeness (QED) is 0.852. The van der Waals surface area contributed by atoms with Crippen molar-refractivity contribution >= 4 is 23.4 Å². The first-order chi connectivity index (χ1) is 9.65. The lowest BCUT2D eigenvalue weighted by atomic mass is 10.0. The number of hydrogen-bond acceptors (Lipinski definition) is 2. The Labute approximate surface area is 126 Å². The van der Waals surface area contributed by atoms with Crippen LogP contribution in [0, 0.1) is 13.8 Å². The van der Waals surface area contributed by atoms with Gasteiger partial charge in [-0.15, -0.1) is 0 Å². The van der Waals surface area contributed by atoms with Crippen molar-refractivity contribution < 1.29 is 4.79 Å². The molecule has 1 aliphatic carbocycles. The second kappa shape index (κ2) is 7.72. The highest BCUT2D eigenvalue weighted by Crippen LogP contribution is 2.28. The van der Waals surface area contributed by atoms with Gasteiger partial charge in [-0.3, -0.25) is 4.79 Å². The molecule has 1 aromatic rings. The first-order valence-corrected chi connectivity index (χ1v) is 8.69. The van der Waals surface area contributed by atoms with Crippen LogP contribution < -0.4 is 5.32 Å². The Morgan fingerprint density at radius 1 is 1.20 bits per heavy atom. The Balaban J connectivity index is 1.70. The van der Waals surface area contributed by atoms with Crippen molar-refractivity contribution in [3.63, 3.8) is 0 Å². The number of hydrogen-bond donors (Lipinski definition) is 1. The van der Waals surface area contributed by atoms with Gasteiger partial charge in [0.25, 0.3) is 0 Å². The second-order valence-electron chi connectivity index (χ2n) is 5.73. The molecular weight excluding hydrogens is 266 g/mol. The molecule has 2 rings (SSSR count). The summed E-state index contributed by atoms with van der Waals surface area (Å²) in [6, 6.07) is 6.08. The predicted molar refractivity (Wildman–Crippen MR) is 88.5 cm³/mol. The van der Waals surface area contributed by atoms with Gasteiger partial charge in [0.2, 0.25) is 5.91 Å². The van der Waals surface area contributed by atoms with E-state index in [1.807, 2.05) is 23.9 Å². The average molecular weight is 291 g/mol. The van der Waals surface area contributed by atoms with Crippen molar-refractivity contribution in [3.8, 4) is 0 Å². The molecule has 0 atom stereocenters. The largest absolute Gasteiger partial charge is 0.326 e. The molecule has 0 aliphatic heterocycles. The minimum absolute atomic E-state index is 0.136. The Morgan fingerprint density at radius 2 is 1.95 bits per heavy atom. The number of nitrogens with one attached hydrogen (secondary N) is 1. The van der Waals surface area contributed by atoms with E-state index in [-0.39, 0.29) is 5.91 Å². The highest BCUT2D eigenvalue weighted by molar-refractivity contribution is 7.99. The van der Waals surface area contributed by atoms with Gasteiger partial charge in [-0.25, -0.2) is 0 Å². The molecule has 20 heavy (non-hydrogen) atoms. The van der Waals surface area contributed by atoms with E-state index in [1.165, 1.54) is 43.2 Å². The van der Waals surface area contributed by atoms with Crippen molar-refractivity contribution in [2.75, 3.05) is 11.1 Å². The van der Waals surface area contributed by atoms with E-state index in [0.717, 1.165) is 16.7 Å². The normalized spacial score (nSPS) is 16.1. The van der Waals surface area contributed by atoms with E-state index >= 15 is 0 Å². The lowest BCUT2D eigenvalue weighted by Crippen LogP contribution is -2.14. The molecule has 0 spiro atoms. The highest BCUT2D eigenvalue weighted by Gasteiger charge is 2.14. The lowest BCUT2D eigenvalue weighted by Gasteiger charge is -2.20. The molecule has 0 aromatic heterocycles. The maximum atomic E-state index is 11.9.